The average molecular weight is 279 g/mol. The van der Waals surface area contributed by atoms with Crippen LogP contribution < -0.4 is 0 Å². The zero-order valence-electron chi connectivity index (χ0n) is 10.7. The maximum absolute atomic E-state index is 12.4. The van der Waals surface area contributed by atoms with Gasteiger partial charge in [-0.2, -0.15) is 4.31 Å². The van der Waals surface area contributed by atoms with E-state index >= 15 is 0 Å². The third-order valence-corrected chi connectivity index (χ3v) is 5.19. The Morgan fingerprint density at radius 3 is 2.21 bits per heavy atom. The van der Waals surface area contributed by atoms with Gasteiger partial charge in [0.05, 0.1) is 4.90 Å². The van der Waals surface area contributed by atoms with Crippen molar-refractivity contribution in [2.45, 2.75) is 24.2 Å². The van der Waals surface area contributed by atoms with Crippen molar-refractivity contribution < 1.29 is 13.2 Å². The molecule has 0 N–H and O–H groups in total. The van der Waals surface area contributed by atoms with Gasteiger partial charge >= 0.3 is 0 Å². The molecular weight excluding hydrogens is 262 g/mol. The number of carbonyl (C=O) groups excluding carboxylic acids is 1. The van der Waals surface area contributed by atoms with Gasteiger partial charge in [-0.25, -0.2) is 8.42 Å². The highest BCUT2D eigenvalue weighted by Crippen LogP contribution is 2.20. The highest BCUT2D eigenvalue weighted by Gasteiger charge is 2.25. The summed E-state index contributed by atoms with van der Waals surface area (Å²) in [5, 5.41) is 0. The molecule has 19 heavy (non-hydrogen) atoms. The predicted octanol–water partition coefficient (Wildman–Crippen LogP) is 2.23. The van der Waals surface area contributed by atoms with Crippen molar-refractivity contribution >= 4 is 15.8 Å². The van der Waals surface area contributed by atoms with Gasteiger partial charge in [-0.15, -0.1) is 0 Å². The Morgan fingerprint density at radius 2 is 1.68 bits per heavy atom. The van der Waals surface area contributed by atoms with E-state index in [2.05, 4.69) is 6.58 Å². The highest BCUT2D eigenvalue weighted by atomic mass is 32.2. The van der Waals surface area contributed by atoms with Crippen LogP contribution in [0.15, 0.2) is 41.8 Å². The van der Waals surface area contributed by atoms with Crippen molar-refractivity contribution in [3.05, 3.63) is 42.5 Å². The summed E-state index contributed by atoms with van der Waals surface area (Å²) in [5.41, 5.74) is 0.451. The molecule has 0 spiro atoms. The van der Waals surface area contributed by atoms with Crippen LogP contribution >= 0.6 is 0 Å². The van der Waals surface area contributed by atoms with Gasteiger partial charge in [0, 0.05) is 18.7 Å². The third kappa shape index (κ3) is 2.93. The van der Waals surface area contributed by atoms with E-state index < -0.39 is 10.0 Å². The second kappa shape index (κ2) is 5.67. The van der Waals surface area contributed by atoms with E-state index in [1.54, 1.807) is 0 Å². The topological polar surface area (TPSA) is 54.5 Å². The van der Waals surface area contributed by atoms with E-state index in [9.17, 15) is 13.2 Å². The molecule has 0 unspecified atom stereocenters. The molecule has 102 valence electrons. The summed E-state index contributed by atoms with van der Waals surface area (Å²) in [6, 6.07) is 6.03. The summed E-state index contributed by atoms with van der Waals surface area (Å²) < 4.78 is 26.2. The van der Waals surface area contributed by atoms with Gasteiger partial charge in [-0.05, 0) is 43.2 Å². The molecule has 1 aliphatic heterocycles. The molecule has 5 heteroatoms. The molecule has 0 amide bonds. The fraction of sp³-hybridized carbons (Fsp3) is 0.357. The van der Waals surface area contributed by atoms with E-state index in [-0.39, 0.29) is 10.7 Å². The van der Waals surface area contributed by atoms with Crippen LogP contribution in [0.25, 0.3) is 0 Å². The second-order valence-corrected chi connectivity index (χ2v) is 6.50. The van der Waals surface area contributed by atoms with Gasteiger partial charge in [0.15, 0.2) is 5.78 Å². The first-order valence-corrected chi connectivity index (χ1v) is 7.76. The van der Waals surface area contributed by atoms with Crippen molar-refractivity contribution in [1.82, 2.24) is 4.31 Å². The van der Waals surface area contributed by atoms with Crippen LogP contribution in [-0.2, 0) is 10.0 Å². The Morgan fingerprint density at radius 1 is 1.11 bits per heavy atom. The maximum Gasteiger partial charge on any atom is 0.243 e. The first-order chi connectivity index (χ1) is 9.05. The van der Waals surface area contributed by atoms with E-state index in [0.29, 0.717) is 18.7 Å². The van der Waals surface area contributed by atoms with Gasteiger partial charge < -0.3 is 0 Å². The fourth-order valence-electron chi connectivity index (χ4n) is 2.16. The number of allylic oxidation sites excluding steroid dienone is 1. The molecule has 1 aromatic rings. The summed E-state index contributed by atoms with van der Waals surface area (Å²) in [5.74, 6) is -0.207. The summed E-state index contributed by atoms with van der Waals surface area (Å²) in [4.78, 5) is 11.6. The number of carbonyl (C=O) groups is 1. The molecule has 0 bridgehead atoms. The molecule has 4 nitrogen and oxygen atoms in total. The lowest BCUT2D eigenvalue weighted by Crippen LogP contribution is -2.35. The van der Waals surface area contributed by atoms with Gasteiger partial charge in [0.1, 0.15) is 0 Å². The quantitative estimate of drug-likeness (QED) is 0.627. The van der Waals surface area contributed by atoms with Crippen LogP contribution in [0.5, 0.6) is 0 Å². The Hall–Kier alpha value is -1.46. The molecule has 1 heterocycles. The smallest absolute Gasteiger partial charge is 0.243 e. The minimum absolute atomic E-state index is 0.207. The first kappa shape index (κ1) is 14.0. The van der Waals surface area contributed by atoms with E-state index in [0.717, 1.165) is 19.3 Å². The Kier molecular flexibility index (Phi) is 4.17. The van der Waals surface area contributed by atoms with Gasteiger partial charge in [0.2, 0.25) is 10.0 Å². The lowest BCUT2D eigenvalue weighted by molar-refractivity contribution is 0.104. The van der Waals surface area contributed by atoms with E-state index in [1.807, 2.05) is 0 Å². The second-order valence-electron chi connectivity index (χ2n) is 4.56. The lowest BCUT2D eigenvalue weighted by atomic mass is 10.1. The molecule has 0 atom stereocenters. The van der Waals surface area contributed by atoms with Crippen LogP contribution in [0.2, 0.25) is 0 Å². The molecule has 1 fully saturated rings. The molecule has 1 aromatic carbocycles. The Bertz CT molecular complexity index is 569. The van der Waals surface area contributed by atoms with E-state index in [4.69, 9.17) is 0 Å². The fourth-order valence-corrected chi connectivity index (χ4v) is 3.68. The highest BCUT2D eigenvalue weighted by molar-refractivity contribution is 7.89. The first-order valence-electron chi connectivity index (χ1n) is 6.32. The molecule has 0 aliphatic carbocycles. The van der Waals surface area contributed by atoms with Gasteiger partial charge in [-0.1, -0.05) is 13.0 Å². The molecule has 2 rings (SSSR count). The molecular formula is C14H17NO3S. The maximum atomic E-state index is 12.4. The summed E-state index contributed by atoms with van der Waals surface area (Å²) in [7, 11) is -3.42. The van der Waals surface area contributed by atoms with Crippen LogP contribution in [-0.4, -0.2) is 31.6 Å². The molecule has 1 aliphatic rings. The molecule has 0 aromatic heterocycles. The SMILES string of the molecule is C=CC(=O)c1ccc(S(=O)(=O)N2CCCCC2)cc1. The summed E-state index contributed by atoms with van der Waals surface area (Å²) in [6.07, 6.45) is 4.12. The van der Waals surface area contributed by atoms with Crippen molar-refractivity contribution in [3.63, 3.8) is 0 Å². The standard InChI is InChI=1S/C14H17NO3S/c1-2-14(16)12-6-8-13(9-7-12)19(17,18)15-10-4-3-5-11-15/h2,6-9H,1,3-5,10-11H2. The number of nitrogens with zero attached hydrogens (tertiary/aromatic N) is 1. The van der Waals surface area contributed by atoms with Crippen molar-refractivity contribution in [2.75, 3.05) is 13.1 Å². The van der Waals surface area contributed by atoms with Gasteiger partial charge in [-0.3, -0.25) is 4.79 Å². The molecule has 1 saturated heterocycles. The number of hydrogen-bond donors (Lipinski definition) is 0. The number of rotatable bonds is 4. The molecule has 0 radical (unpaired) electrons. The Labute approximate surface area is 113 Å². The summed E-state index contributed by atoms with van der Waals surface area (Å²) >= 11 is 0. The van der Waals surface area contributed by atoms with Crippen LogP contribution in [0.3, 0.4) is 0 Å². The van der Waals surface area contributed by atoms with Crippen molar-refractivity contribution in [2.24, 2.45) is 0 Å². The number of ketones is 1. The normalized spacial score (nSPS) is 17.1. The lowest BCUT2D eigenvalue weighted by Gasteiger charge is -2.25. The number of piperidine rings is 1. The van der Waals surface area contributed by atoms with Crippen LogP contribution in [0.4, 0.5) is 0 Å². The largest absolute Gasteiger partial charge is 0.289 e. The Balaban J connectivity index is 2.25. The zero-order chi connectivity index (χ0) is 13.9. The summed E-state index contributed by atoms with van der Waals surface area (Å²) in [6.45, 7) is 4.56. The van der Waals surface area contributed by atoms with Crippen molar-refractivity contribution in [1.29, 1.82) is 0 Å². The predicted molar refractivity (Wildman–Crippen MR) is 73.6 cm³/mol. The van der Waals surface area contributed by atoms with Crippen molar-refractivity contribution in [3.8, 4) is 0 Å². The van der Waals surface area contributed by atoms with Gasteiger partial charge in [0.25, 0.3) is 0 Å². The minimum Gasteiger partial charge on any atom is -0.289 e. The van der Waals surface area contributed by atoms with Crippen LogP contribution in [0.1, 0.15) is 29.6 Å². The number of benzene rings is 1. The average Bonchev–Trinajstić information content (AvgIpc) is 2.47. The minimum atomic E-state index is -3.42. The van der Waals surface area contributed by atoms with E-state index in [1.165, 1.54) is 34.6 Å². The zero-order valence-corrected chi connectivity index (χ0v) is 11.5. The monoisotopic (exact) mass is 279 g/mol. The van der Waals surface area contributed by atoms with Crippen LogP contribution in [0, 0.1) is 0 Å². The number of hydrogen-bond acceptors (Lipinski definition) is 3. The third-order valence-electron chi connectivity index (χ3n) is 3.28. The molecule has 0 saturated carbocycles. The number of sulfonamides is 1.